The second-order valence-electron chi connectivity index (χ2n) is 5.62. The first kappa shape index (κ1) is 14.5. The summed E-state index contributed by atoms with van der Waals surface area (Å²) in [5, 5.41) is 13.3. The number of rotatable bonds is 3. The van der Waals surface area contributed by atoms with E-state index in [0.717, 1.165) is 25.9 Å². The lowest BCUT2D eigenvalue weighted by Gasteiger charge is -2.34. The number of aliphatic hydroxyl groups is 1. The molecular weight excluding hydrogens is 274 g/mol. The molecule has 3 atom stereocenters. The maximum Gasteiger partial charge on any atom is 0.273 e. The summed E-state index contributed by atoms with van der Waals surface area (Å²) < 4.78 is 10.4. The van der Waals surface area contributed by atoms with Gasteiger partial charge in [0.25, 0.3) is 5.91 Å². The number of hydrogen-bond acceptors (Lipinski definition) is 6. The minimum absolute atomic E-state index is 0.0956. The van der Waals surface area contributed by atoms with Crippen LogP contribution in [-0.4, -0.2) is 65.4 Å². The van der Waals surface area contributed by atoms with Crippen LogP contribution in [0.15, 0.2) is 10.7 Å². The molecule has 2 fully saturated rings. The van der Waals surface area contributed by atoms with Gasteiger partial charge in [-0.05, 0) is 12.8 Å². The first-order valence-corrected chi connectivity index (χ1v) is 7.38. The quantitative estimate of drug-likeness (QED) is 0.812. The van der Waals surface area contributed by atoms with Crippen LogP contribution in [-0.2, 0) is 4.74 Å². The van der Waals surface area contributed by atoms with Gasteiger partial charge in [0.05, 0.1) is 25.4 Å². The van der Waals surface area contributed by atoms with E-state index in [4.69, 9.17) is 9.15 Å². The number of amides is 1. The van der Waals surface area contributed by atoms with E-state index in [1.165, 1.54) is 6.26 Å². The average molecular weight is 295 g/mol. The molecule has 2 heterocycles. The molecule has 1 aromatic rings. The predicted molar refractivity (Wildman–Crippen MR) is 73.9 cm³/mol. The van der Waals surface area contributed by atoms with E-state index < -0.39 is 6.10 Å². The first-order chi connectivity index (χ1) is 10.1. The van der Waals surface area contributed by atoms with Crippen molar-refractivity contribution in [3.8, 4) is 0 Å². The number of oxazole rings is 1. The highest BCUT2D eigenvalue weighted by Gasteiger charge is 2.39. The lowest BCUT2D eigenvalue weighted by molar-refractivity contribution is -0.0154. The minimum Gasteiger partial charge on any atom is -0.448 e. The standard InChI is InChI=1S/C14H21N3O4/c1-9-15-11(8-21-9)14(19)16-10-2-3-12(13(10)18)17-4-6-20-7-5-17/h8,10,12-13,18H,2-7H2,1H3,(H,16,19)/t10-,12-,13-/m1/s1. The topological polar surface area (TPSA) is 87.8 Å². The van der Waals surface area contributed by atoms with Crippen LogP contribution < -0.4 is 5.32 Å². The Morgan fingerprint density at radius 1 is 1.43 bits per heavy atom. The fraction of sp³-hybridized carbons (Fsp3) is 0.714. The molecule has 0 bridgehead atoms. The Balaban J connectivity index is 1.58. The molecular formula is C14H21N3O4. The molecule has 1 saturated heterocycles. The van der Waals surface area contributed by atoms with Gasteiger partial charge in [0, 0.05) is 26.1 Å². The number of aryl methyl sites for hydroxylation is 1. The van der Waals surface area contributed by atoms with Crippen LogP contribution in [0.4, 0.5) is 0 Å². The zero-order valence-electron chi connectivity index (χ0n) is 12.1. The highest BCUT2D eigenvalue weighted by Crippen LogP contribution is 2.25. The summed E-state index contributed by atoms with van der Waals surface area (Å²) >= 11 is 0. The Morgan fingerprint density at radius 3 is 2.86 bits per heavy atom. The number of carbonyl (C=O) groups excluding carboxylic acids is 1. The van der Waals surface area contributed by atoms with Crippen molar-refractivity contribution in [3.05, 3.63) is 17.8 Å². The third-order valence-corrected chi connectivity index (χ3v) is 4.26. The summed E-state index contributed by atoms with van der Waals surface area (Å²) in [5.74, 6) is 0.164. The van der Waals surface area contributed by atoms with Gasteiger partial charge in [0.2, 0.25) is 0 Å². The van der Waals surface area contributed by atoms with E-state index >= 15 is 0 Å². The summed E-state index contributed by atoms with van der Waals surface area (Å²) in [7, 11) is 0. The molecule has 116 valence electrons. The Morgan fingerprint density at radius 2 is 2.19 bits per heavy atom. The molecule has 0 unspecified atom stereocenters. The Kier molecular flexibility index (Phi) is 4.23. The molecule has 1 amide bonds. The maximum atomic E-state index is 12.1. The van der Waals surface area contributed by atoms with Crippen LogP contribution in [0.5, 0.6) is 0 Å². The molecule has 21 heavy (non-hydrogen) atoms. The fourth-order valence-electron chi connectivity index (χ4n) is 3.14. The van der Waals surface area contributed by atoms with E-state index in [1.807, 2.05) is 0 Å². The lowest BCUT2D eigenvalue weighted by Crippen LogP contribution is -2.51. The van der Waals surface area contributed by atoms with Crippen molar-refractivity contribution in [2.45, 2.75) is 38.0 Å². The molecule has 0 radical (unpaired) electrons. The van der Waals surface area contributed by atoms with Crippen LogP contribution in [0.2, 0.25) is 0 Å². The van der Waals surface area contributed by atoms with Crippen LogP contribution in [0.3, 0.4) is 0 Å². The summed E-state index contributed by atoms with van der Waals surface area (Å²) in [5.41, 5.74) is 0.259. The lowest BCUT2D eigenvalue weighted by atomic mass is 10.1. The molecule has 1 saturated carbocycles. The van der Waals surface area contributed by atoms with Gasteiger partial charge in [-0.2, -0.15) is 0 Å². The predicted octanol–water partition coefficient (Wildman–Crippen LogP) is -0.0631. The van der Waals surface area contributed by atoms with Crippen LogP contribution in [0.25, 0.3) is 0 Å². The van der Waals surface area contributed by atoms with Gasteiger partial charge in [-0.25, -0.2) is 4.98 Å². The van der Waals surface area contributed by atoms with E-state index in [9.17, 15) is 9.90 Å². The monoisotopic (exact) mass is 295 g/mol. The number of nitrogens with one attached hydrogen (secondary N) is 1. The van der Waals surface area contributed by atoms with Gasteiger partial charge in [-0.15, -0.1) is 0 Å². The van der Waals surface area contributed by atoms with E-state index in [-0.39, 0.29) is 23.7 Å². The second kappa shape index (κ2) is 6.13. The molecule has 3 rings (SSSR count). The summed E-state index contributed by atoms with van der Waals surface area (Å²) in [6.07, 6.45) is 2.43. The molecule has 1 aliphatic heterocycles. The van der Waals surface area contributed by atoms with Gasteiger partial charge in [0.1, 0.15) is 6.26 Å². The number of carbonyl (C=O) groups is 1. The average Bonchev–Trinajstić information content (AvgIpc) is 3.07. The molecule has 0 spiro atoms. The van der Waals surface area contributed by atoms with E-state index in [1.54, 1.807) is 6.92 Å². The number of nitrogens with zero attached hydrogens (tertiary/aromatic N) is 2. The largest absolute Gasteiger partial charge is 0.448 e. The molecule has 0 aromatic carbocycles. The molecule has 2 N–H and O–H groups in total. The second-order valence-corrected chi connectivity index (χ2v) is 5.62. The summed E-state index contributed by atoms with van der Waals surface area (Å²) in [6.45, 7) is 4.78. The molecule has 7 heteroatoms. The number of hydrogen-bond donors (Lipinski definition) is 2. The number of aromatic nitrogens is 1. The van der Waals surface area contributed by atoms with Gasteiger partial charge < -0.3 is 19.6 Å². The van der Waals surface area contributed by atoms with Crippen molar-refractivity contribution in [3.63, 3.8) is 0 Å². The molecule has 7 nitrogen and oxygen atoms in total. The summed E-state index contributed by atoms with van der Waals surface area (Å²) in [6, 6.07) is -0.138. The molecule has 1 aromatic heterocycles. The summed E-state index contributed by atoms with van der Waals surface area (Å²) in [4.78, 5) is 18.3. The van der Waals surface area contributed by atoms with Crippen LogP contribution in [0, 0.1) is 6.92 Å². The van der Waals surface area contributed by atoms with Crippen molar-refractivity contribution in [2.75, 3.05) is 26.3 Å². The van der Waals surface area contributed by atoms with Gasteiger partial charge in [-0.1, -0.05) is 0 Å². The maximum absolute atomic E-state index is 12.1. The highest BCUT2D eigenvalue weighted by atomic mass is 16.5. The van der Waals surface area contributed by atoms with E-state index in [2.05, 4.69) is 15.2 Å². The third kappa shape index (κ3) is 3.09. The molecule has 1 aliphatic carbocycles. The van der Waals surface area contributed by atoms with Crippen LogP contribution >= 0.6 is 0 Å². The van der Waals surface area contributed by atoms with Crippen molar-refractivity contribution >= 4 is 5.91 Å². The fourth-order valence-corrected chi connectivity index (χ4v) is 3.14. The first-order valence-electron chi connectivity index (χ1n) is 7.38. The minimum atomic E-state index is -0.556. The number of aliphatic hydroxyl groups excluding tert-OH is 1. The Bertz CT molecular complexity index is 498. The highest BCUT2D eigenvalue weighted by molar-refractivity contribution is 5.92. The van der Waals surface area contributed by atoms with Gasteiger partial charge in [-0.3, -0.25) is 9.69 Å². The van der Waals surface area contributed by atoms with E-state index in [0.29, 0.717) is 19.1 Å². The zero-order valence-corrected chi connectivity index (χ0v) is 12.1. The smallest absolute Gasteiger partial charge is 0.273 e. The Labute approximate surface area is 123 Å². The van der Waals surface area contributed by atoms with Gasteiger partial charge >= 0.3 is 0 Å². The van der Waals surface area contributed by atoms with Crippen molar-refractivity contribution in [2.24, 2.45) is 0 Å². The Hall–Kier alpha value is -1.44. The number of ether oxygens (including phenoxy) is 1. The van der Waals surface area contributed by atoms with Crippen molar-refractivity contribution in [1.29, 1.82) is 0 Å². The van der Waals surface area contributed by atoms with Gasteiger partial charge in [0.15, 0.2) is 11.6 Å². The normalized spacial score (nSPS) is 30.5. The van der Waals surface area contributed by atoms with Crippen molar-refractivity contribution < 1.29 is 19.1 Å². The van der Waals surface area contributed by atoms with Crippen LogP contribution in [0.1, 0.15) is 29.2 Å². The third-order valence-electron chi connectivity index (χ3n) is 4.26. The molecule has 2 aliphatic rings. The SMILES string of the molecule is Cc1nc(C(=O)N[C@@H]2CC[C@@H](N3CCOCC3)[C@@H]2O)co1. The number of morpholine rings is 1. The van der Waals surface area contributed by atoms with Crippen molar-refractivity contribution in [1.82, 2.24) is 15.2 Å². The zero-order chi connectivity index (χ0) is 14.8.